The van der Waals surface area contributed by atoms with E-state index in [0.29, 0.717) is 18.2 Å². The van der Waals surface area contributed by atoms with Crippen molar-refractivity contribution in [1.82, 2.24) is 9.88 Å². The van der Waals surface area contributed by atoms with Crippen LogP contribution in [0.25, 0.3) is 10.2 Å². The average molecular weight is 478 g/mol. The molecule has 2 aromatic heterocycles. The summed E-state index contributed by atoms with van der Waals surface area (Å²) in [4.78, 5) is 31.2. The number of fused-ring (bicyclic) bond motifs is 3. The van der Waals surface area contributed by atoms with Crippen molar-refractivity contribution in [3.63, 3.8) is 0 Å². The number of rotatable bonds is 4. The topological polar surface area (TPSA) is 54.3 Å². The predicted molar refractivity (Wildman–Crippen MR) is 140 cm³/mol. The fraction of sp³-hybridized carbons (Fsp3) is 0.500. The van der Waals surface area contributed by atoms with Gasteiger partial charge in [-0.2, -0.15) is 0 Å². The lowest BCUT2D eigenvalue weighted by molar-refractivity contribution is -0.127. The molecule has 1 saturated carbocycles. The van der Waals surface area contributed by atoms with Crippen LogP contribution in [0.1, 0.15) is 72.9 Å². The molecule has 1 aromatic carbocycles. The maximum absolute atomic E-state index is 14.1. The van der Waals surface area contributed by atoms with Gasteiger partial charge < -0.3 is 9.88 Å². The molecule has 1 unspecified atom stereocenters. The normalized spacial score (nSPS) is 25.0. The Morgan fingerprint density at radius 3 is 2.62 bits per heavy atom. The van der Waals surface area contributed by atoms with Crippen molar-refractivity contribution in [1.29, 1.82) is 0 Å². The van der Waals surface area contributed by atoms with E-state index in [1.165, 1.54) is 4.88 Å². The fourth-order valence-corrected chi connectivity index (χ4v) is 6.65. The van der Waals surface area contributed by atoms with Gasteiger partial charge in [-0.25, -0.2) is 0 Å². The highest BCUT2D eigenvalue weighted by molar-refractivity contribution is 7.19. The van der Waals surface area contributed by atoms with Gasteiger partial charge in [-0.3, -0.25) is 14.5 Å². The molecule has 0 bridgehead atoms. The molecule has 6 heteroatoms. The summed E-state index contributed by atoms with van der Waals surface area (Å²) in [6.07, 6.45) is 5.25. The third kappa shape index (κ3) is 3.67. The number of hydrogen-bond donors (Lipinski definition) is 1. The van der Waals surface area contributed by atoms with E-state index in [0.717, 1.165) is 59.1 Å². The molecule has 0 saturated heterocycles. The van der Waals surface area contributed by atoms with E-state index in [-0.39, 0.29) is 17.9 Å². The van der Waals surface area contributed by atoms with Crippen LogP contribution in [-0.2, 0) is 17.8 Å². The van der Waals surface area contributed by atoms with Gasteiger partial charge in [-0.1, -0.05) is 26.0 Å². The molecule has 5 rings (SSSR count). The first-order chi connectivity index (χ1) is 16.2. The number of hydrogen-bond acceptors (Lipinski definition) is 3. The van der Waals surface area contributed by atoms with E-state index in [9.17, 15) is 9.59 Å². The van der Waals surface area contributed by atoms with Crippen molar-refractivity contribution < 1.29 is 9.59 Å². The molecule has 1 N–H and O–H groups in total. The highest BCUT2D eigenvalue weighted by Crippen LogP contribution is 2.40. The molecule has 1 fully saturated rings. The Morgan fingerprint density at radius 1 is 1.18 bits per heavy atom. The second-order valence-corrected chi connectivity index (χ2v) is 11.7. The highest BCUT2D eigenvalue weighted by atomic mass is 32.1. The van der Waals surface area contributed by atoms with Crippen molar-refractivity contribution in [3.8, 4) is 0 Å². The Morgan fingerprint density at radius 2 is 1.91 bits per heavy atom. The van der Waals surface area contributed by atoms with Gasteiger partial charge in [0, 0.05) is 16.6 Å². The second-order valence-electron chi connectivity index (χ2n) is 10.5. The van der Waals surface area contributed by atoms with E-state index in [2.05, 4.69) is 42.8 Å². The van der Waals surface area contributed by atoms with Crippen molar-refractivity contribution in [2.75, 3.05) is 4.90 Å². The van der Waals surface area contributed by atoms with Crippen LogP contribution in [0.2, 0.25) is 0 Å². The minimum absolute atomic E-state index is 0.0558. The van der Waals surface area contributed by atoms with Gasteiger partial charge >= 0.3 is 0 Å². The first-order valence-electron chi connectivity index (χ1n) is 12.6. The SMILES string of the molecule is CCc1cc2c(cc3n2CC(C)(C(=O)NC2CCC(C)CC2)N(c2cccc(C)c2C)C3=O)s1. The van der Waals surface area contributed by atoms with Crippen LogP contribution in [0.4, 0.5) is 5.69 Å². The van der Waals surface area contributed by atoms with Crippen LogP contribution >= 0.6 is 11.3 Å². The maximum Gasteiger partial charge on any atom is 0.275 e. The summed E-state index contributed by atoms with van der Waals surface area (Å²) in [5.41, 5.74) is 3.69. The lowest BCUT2D eigenvalue weighted by atomic mass is 9.86. The van der Waals surface area contributed by atoms with Gasteiger partial charge in [0.25, 0.3) is 5.91 Å². The summed E-state index contributed by atoms with van der Waals surface area (Å²) in [5, 5.41) is 3.35. The molecule has 34 heavy (non-hydrogen) atoms. The van der Waals surface area contributed by atoms with Gasteiger partial charge in [0.1, 0.15) is 11.2 Å². The van der Waals surface area contributed by atoms with Gasteiger partial charge in [0.2, 0.25) is 5.91 Å². The third-order valence-electron chi connectivity index (χ3n) is 8.03. The monoisotopic (exact) mass is 477 g/mol. The Kier molecular flexibility index (Phi) is 5.83. The largest absolute Gasteiger partial charge is 0.351 e. The zero-order valence-corrected chi connectivity index (χ0v) is 21.7. The number of carbonyl (C=O) groups excluding carboxylic acids is 2. The molecule has 1 aliphatic heterocycles. The van der Waals surface area contributed by atoms with Crippen molar-refractivity contribution >= 4 is 39.1 Å². The summed E-state index contributed by atoms with van der Waals surface area (Å²) in [7, 11) is 0. The van der Waals surface area contributed by atoms with E-state index >= 15 is 0 Å². The molecule has 5 nitrogen and oxygen atoms in total. The summed E-state index contributed by atoms with van der Waals surface area (Å²) in [5.74, 6) is 0.560. The van der Waals surface area contributed by atoms with Crippen molar-refractivity contribution in [2.45, 2.75) is 84.8 Å². The summed E-state index contributed by atoms with van der Waals surface area (Å²) < 4.78 is 3.20. The summed E-state index contributed by atoms with van der Waals surface area (Å²) in [6.45, 7) is 10.9. The molecule has 0 spiro atoms. The van der Waals surface area contributed by atoms with Crippen molar-refractivity contribution in [3.05, 3.63) is 52.0 Å². The number of thiophene rings is 1. The molecule has 3 heterocycles. The second kappa shape index (κ2) is 8.56. The van der Waals surface area contributed by atoms with Gasteiger partial charge in [0.15, 0.2) is 0 Å². The first kappa shape index (κ1) is 23.2. The zero-order valence-electron chi connectivity index (χ0n) is 20.9. The zero-order chi connectivity index (χ0) is 24.2. The van der Waals surface area contributed by atoms with Crippen LogP contribution < -0.4 is 10.2 Å². The maximum atomic E-state index is 14.1. The number of nitrogens with one attached hydrogen (secondary N) is 1. The number of aryl methyl sites for hydroxylation is 2. The standard InChI is InChI=1S/C28H35N3O2S/c1-6-21-14-23-25(34-21)15-24-26(32)31(22-9-7-8-18(3)19(22)4)28(5,16-30(23)24)27(33)29-20-12-10-17(2)11-13-20/h7-9,14-15,17,20H,6,10-13,16H2,1-5H3,(H,29,33). The number of carbonyl (C=O) groups is 2. The van der Waals surface area contributed by atoms with E-state index < -0.39 is 5.54 Å². The lowest BCUT2D eigenvalue weighted by Crippen LogP contribution is -2.65. The number of anilines is 1. The Bertz CT molecular complexity index is 1260. The molecule has 0 radical (unpaired) electrons. The first-order valence-corrected chi connectivity index (χ1v) is 13.4. The predicted octanol–water partition coefficient (Wildman–Crippen LogP) is 6.00. The molecule has 1 atom stereocenters. The van der Waals surface area contributed by atoms with Crippen LogP contribution in [-0.4, -0.2) is 28.0 Å². The van der Waals surface area contributed by atoms with E-state index in [1.807, 2.05) is 32.0 Å². The van der Waals surface area contributed by atoms with Gasteiger partial charge in [-0.05, 0) is 88.1 Å². The third-order valence-corrected chi connectivity index (χ3v) is 9.24. The van der Waals surface area contributed by atoms with Gasteiger partial charge in [-0.15, -0.1) is 11.3 Å². The van der Waals surface area contributed by atoms with Crippen LogP contribution in [0.15, 0.2) is 30.3 Å². The molecule has 1 aliphatic carbocycles. The minimum atomic E-state index is -1.02. The molecule has 2 amide bonds. The number of aromatic nitrogens is 1. The minimum Gasteiger partial charge on any atom is -0.351 e. The van der Waals surface area contributed by atoms with Crippen molar-refractivity contribution in [2.24, 2.45) is 5.92 Å². The Balaban J connectivity index is 1.60. The smallest absolute Gasteiger partial charge is 0.275 e. The molecular formula is C28H35N3O2S. The summed E-state index contributed by atoms with van der Waals surface area (Å²) in [6, 6.07) is 10.4. The molecular weight excluding hydrogens is 442 g/mol. The van der Waals surface area contributed by atoms with Crippen LogP contribution in [0.3, 0.4) is 0 Å². The Labute approximate surface area is 206 Å². The highest BCUT2D eigenvalue weighted by Gasteiger charge is 2.49. The van der Waals surface area contributed by atoms with Gasteiger partial charge in [0.05, 0.1) is 16.8 Å². The molecule has 3 aromatic rings. The number of benzene rings is 1. The number of amides is 2. The lowest BCUT2D eigenvalue weighted by Gasteiger charge is -2.45. The van der Waals surface area contributed by atoms with Crippen LogP contribution in [0, 0.1) is 19.8 Å². The fourth-order valence-electron chi connectivity index (χ4n) is 5.60. The Hall–Kier alpha value is -2.60. The average Bonchev–Trinajstić information content (AvgIpc) is 3.36. The molecule has 180 valence electrons. The van der Waals surface area contributed by atoms with E-state index in [1.54, 1.807) is 16.2 Å². The number of nitrogens with zero attached hydrogens (tertiary/aromatic N) is 2. The van der Waals surface area contributed by atoms with E-state index in [4.69, 9.17) is 0 Å². The summed E-state index contributed by atoms with van der Waals surface area (Å²) >= 11 is 1.74. The van der Waals surface area contributed by atoms with Crippen LogP contribution in [0.5, 0.6) is 0 Å². The molecule has 2 aliphatic rings. The quantitative estimate of drug-likeness (QED) is 0.501.